The lowest BCUT2D eigenvalue weighted by Crippen LogP contribution is -2.20. The summed E-state index contributed by atoms with van der Waals surface area (Å²) in [6.45, 7) is 6.16. The molecule has 0 unspecified atom stereocenters. The summed E-state index contributed by atoms with van der Waals surface area (Å²) in [4.78, 5) is 20.2. The van der Waals surface area contributed by atoms with Crippen molar-refractivity contribution in [3.63, 3.8) is 0 Å². The SMILES string of the molecule is CC(C)(C)CC(=O)Nc1ccccc1-c1nc2ccccc2[nH]1. The number of H-pyrrole nitrogens is 1. The maximum absolute atomic E-state index is 12.2. The van der Waals surface area contributed by atoms with E-state index in [2.05, 4.69) is 36.1 Å². The largest absolute Gasteiger partial charge is 0.338 e. The minimum Gasteiger partial charge on any atom is -0.338 e. The number of imidazole rings is 1. The number of nitrogens with zero attached hydrogens (tertiary/aromatic N) is 1. The molecule has 3 rings (SSSR count). The second kappa shape index (κ2) is 5.88. The number of hydrogen-bond acceptors (Lipinski definition) is 2. The van der Waals surface area contributed by atoms with Crippen LogP contribution in [0.2, 0.25) is 0 Å². The zero-order valence-electron chi connectivity index (χ0n) is 13.7. The highest BCUT2D eigenvalue weighted by molar-refractivity contribution is 5.95. The van der Waals surface area contributed by atoms with Crippen molar-refractivity contribution in [1.29, 1.82) is 0 Å². The van der Waals surface area contributed by atoms with Crippen LogP contribution in [0.5, 0.6) is 0 Å². The van der Waals surface area contributed by atoms with E-state index in [-0.39, 0.29) is 11.3 Å². The van der Waals surface area contributed by atoms with Crippen molar-refractivity contribution in [2.75, 3.05) is 5.32 Å². The monoisotopic (exact) mass is 307 g/mol. The van der Waals surface area contributed by atoms with Crippen molar-refractivity contribution in [2.45, 2.75) is 27.2 Å². The zero-order chi connectivity index (χ0) is 16.4. The van der Waals surface area contributed by atoms with E-state index in [1.165, 1.54) is 0 Å². The van der Waals surface area contributed by atoms with E-state index in [9.17, 15) is 4.79 Å². The summed E-state index contributed by atoms with van der Waals surface area (Å²) in [6, 6.07) is 15.6. The number of aromatic amines is 1. The van der Waals surface area contributed by atoms with Gasteiger partial charge < -0.3 is 10.3 Å². The molecule has 3 aromatic rings. The summed E-state index contributed by atoms with van der Waals surface area (Å²) in [7, 11) is 0. The molecule has 4 nitrogen and oxygen atoms in total. The molecule has 2 N–H and O–H groups in total. The van der Waals surface area contributed by atoms with Crippen LogP contribution >= 0.6 is 0 Å². The highest BCUT2D eigenvalue weighted by Crippen LogP contribution is 2.28. The fourth-order valence-corrected chi connectivity index (χ4v) is 2.56. The third-order valence-electron chi connectivity index (χ3n) is 3.54. The minimum atomic E-state index is -0.0433. The van der Waals surface area contributed by atoms with E-state index in [4.69, 9.17) is 0 Å². The lowest BCUT2D eigenvalue weighted by atomic mass is 9.92. The number of fused-ring (bicyclic) bond motifs is 1. The first-order chi connectivity index (χ1) is 10.9. The van der Waals surface area contributed by atoms with E-state index in [0.29, 0.717) is 6.42 Å². The molecule has 0 radical (unpaired) electrons. The Morgan fingerprint density at radius 1 is 1.09 bits per heavy atom. The van der Waals surface area contributed by atoms with Crippen molar-refractivity contribution >= 4 is 22.6 Å². The molecule has 2 aromatic carbocycles. The first-order valence-corrected chi connectivity index (χ1v) is 7.76. The molecule has 0 bridgehead atoms. The van der Waals surface area contributed by atoms with Gasteiger partial charge in [0.1, 0.15) is 5.82 Å². The van der Waals surface area contributed by atoms with Crippen LogP contribution in [-0.4, -0.2) is 15.9 Å². The zero-order valence-corrected chi connectivity index (χ0v) is 13.7. The van der Waals surface area contributed by atoms with Crippen LogP contribution in [0.1, 0.15) is 27.2 Å². The third-order valence-corrected chi connectivity index (χ3v) is 3.54. The molecule has 0 saturated carbocycles. The maximum atomic E-state index is 12.2. The highest BCUT2D eigenvalue weighted by Gasteiger charge is 2.17. The van der Waals surface area contributed by atoms with Gasteiger partial charge in [-0.15, -0.1) is 0 Å². The number of carbonyl (C=O) groups is 1. The van der Waals surface area contributed by atoms with Crippen molar-refractivity contribution in [3.05, 3.63) is 48.5 Å². The Labute approximate surface area is 136 Å². The predicted octanol–water partition coefficient (Wildman–Crippen LogP) is 4.60. The fourth-order valence-electron chi connectivity index (χ4n) is 2.56. The average Bonchev–Trinajstić information content (AvgIpc) is 2.89. The molecular formula is C19H21N3O. The smallest absolute Gasteiger partial charge is 0.224 e. The quantitative estimate of drug-likeness (QED) is 0.742. The molecule has 4 heteroatoms. The molecule has 0 spiro atoms. The molecule has 0 atom stereocenters. The number of nitrogens with one attached hydrogen (secondary N) is 2. The van der Waals surface area contributed by atoms with Crippen molar-refractivity contribution in [1.82, 2.24) is 9.97 Å². The predicted molar refractivity (Wildman–Crippen MR) is 94.2 cm³/mol. The minimum absolute atomic E-state index is 0.0149. The number of carbonyl (C=O) groups excluding carboxylic acids is 1. The molecule has 0 aliphatic heterocycles. The average molecular weight is 307 g/mol. The Hall–Kier alpha value is -2.62. The Kier molecular flexibility index (Phi) is 3.90. The third kappa shape index (κ3) is 3.59. The molecule has 0 saturated heterocycles. The van der Waals surface area contributed by atoms with Crippen molar-refractivity contribution in [2.24, 2.45) is 5.41 Å². The first kappa shape index (κ1) is 15.3. The summed E-state index contributed by atoms with van der Waals surface area (Å²) >= 11 is 0. The van der Waals surface area contributed by atoms with Crippen LogP contribution in [0, 0.1) is 5.41 Å². The van der Waals surface area contributed by atoms with Crippen LogP contribution in [0.4, 0.5) is 5.69 Å². The Morgan fingerprint density at radius 2 is 1.78 bits per heavy atom. The Morgan fingerprint density at radius 3 is 2.52 bits per heavy atom. The summed E-state index contributed by atoms with van der Waals surface area (Å²) in [5, 5.41) is 3.01. The van der Waals surface area contributed by atoms with Gasteiger partial charge in [-0.05, 0) is 29.7 Å². The lowest BCUT2D eigenvalue weighted by Gasteiger charge is -2.18. The van der Waals surface area contributed by atoms with E-state index >= 15 is 0 Å². The number of hydrogen-bond donors (Lipinski definition) is 2. The summed E-state index contributed by atoms with van der Waals surface area (Å²) in [5.41, 5.74) is 3.53. The van der Waals surface area contributed by atoms with E-state index in [1.54, 1.807) is 0 Å². The molecule has 1 aromatic heterocycles. The van der Waals surface area contributed by atoms with Crippen LogP contribution in [0.15, 0.2) is 48.5 Å². The Balaban J connectivity index is 1.93. The standard InChI is InChI=1S/C19H21N3O/c1-19(2,3)12-17(23)20-14-9-5-4-8-13(14)18-21-15-10-6-7-11-16(15)22-18/h4-11H,12H2,1-3H3,(H,20,23)(H,21,22). The van der Waals surface area contributed by atoms with Crippen LogP contribution < -0.4 is 5.32 Å². The molecule has 0 aliphatic carbocycles. The highest BCUT2D eigenvalue weighted by atomic mass is 16.1. The summed E-state index contributed by atoms with van der Waals surface area (Å²) < 4.78 is 0. The topological polar surface area (TPSA) is 57.8 Å². The number of anilines is 1. The van der Waals surface area contributed by atoms with Gasteiger partial charge in [-0.3, -0.25) is 4.79 Å². The van der Waals surface area contributed by atoms with Crippen LogP contribution in [0.25, 0.3) is 22.4 Å². The second-order valence-corrected chi connectivity index (χ2v) is 6.93. The molecule has 23 heavy (non-hydrogen) atoms. The van der Waals surface area contributed by atoms with E-state index in [1.807, 2.05) is 48.5 Å². The van der Waals surface area contributed by atoms with Crippen molar-refractivity contribution < 1.29 is 4.79 Å². The molecular weight excluding hydrogens is 286 g/mol. The molecule has 1 amide bonds. The number of para-hydroxylation sites is 3. The number of benzene rings is 2. The van der Waals surface area contributed by atoms with Gasteiger partial charge in [0, 0.05) is 12.0 Å². The molecule has 0 aliphatic rings. The number of aromatic nitrogens is 2. The van der Waals surface area contributed by atoms with Gasteiger partial charge in [-0.2, -0.15) is 0 Å². The molecule has 1 heterocycles. The molecule has 118 valence electrons. The molecule has 0 fully saturated rings. The van der Waals surface area contributed by atoms with Gasteiger partial charge in [0.05, 0.1) is 16.7 Å². The van der Waals surface area contributed by atoms with Crippen LogP contribution in [-0.2, 0) is 4.79 Å². The number of amides is 1. The van der Waals surface area contributed by atoms with Gasteiger partial charge in [-0.25, -0.2) is 4.98 Å². The fraction of sp³-hybridized carbons (Fsp3) is 0.263. The van der Waals surface area contributed by atoms with Crippen LogP contribution in [0.3, 0.4) is 0 Å². The normalized spacial score (nSPS) is 11.6. The van der Waals surface area contributed by atoms with E-state index in [0.717, 1.165) is 28.1 Å². The maximum Gasteiger partial charge on any atom is 0.224 e. The van der Waals surface area contributed by atoms with Gasteiger partial charge in [0.2, 0.25) is 5.91 Å². The van der Waals surface area contributed by atoms with Gasteiger partial charge in [-0.1, -0.05) is 45.0 Å². The first-order valence-electron chi connectivity index (χ1n) is 7.76. The summed E-state index contributed by atoms with van der Waals surface area (Å²) in [5.74, 6) is 0.777. The lowest BCUT2D eigenvalue weighted by molar-refractivity contribution is -0.117. The van der Waals surface area contributed by atoms with Gasteiger partial charge in [0.15, 0.2) is 0 Å². The second-order valence-electron chi connectivity index (χ2n) is 6.93. The Bertz CT molecular complexity index is 810. The number of rotatable bonds is 3. The van der Waals surface area contributed by atoms with Gasteiger partial charge in [0.25, 0.3) is 0 Å². The van der Waals surface area contributed by atoms with E-state index < -0.39 is 0 Å². The van der Waals surface area contributed by atoms with Crippen molar-refractivity contribution in [3.8, 4) is 11.4 Å². The van der Waals surface area contributed by atoms with Gasteiger partial charge >= 0.3 is 0 Å². The summed E-state index contributed by atoms with van der Waals surface area (Å²) in [6.07, 6.45) is 0.474.